The summed E-state index contributed by atoms with van der Waals surface area (Å²) in [6.45, 7) is 0.314. The number of hydrogen-bond acceptors (Lipinski definition) is 3. The van der Waals surface area contributed by atoms with Crippen LogP contribution < -0.4 is 21.3 Å². The summed E-state index contributed by atoms with van der Waals surface area (Å²) < 4.78 is 53.4. The molecule has 1 aliphatic rings. The van der Waals surface area contributed by atoms with Gasteiger partial charge in [-0.15, -0.1) is 0 Å². The van der Waals surface area contributed by atoms with Crippen molar-refractivity contribution in [1.82, 2.24) is 5.32 Å². The number of anilines is 2. The first-order valence-electron chi connectivity index (χ1n) is 11.7. The van der Waals surface area contributed by atoms with Crippen LogP contribution in [0.4, 0.5) is 33.7 Å². The Morgan fingerprint density at radius 3 is 2.37 bits per heavy atom. The molecule has 4 amide bonds. The first-order valence-corrected chi connectivity index (χ1v) is 11.7. The molecule has 1 aliphatic heterocycles. The van der Waals surface area contributed by atoms with Gasteiger partial charge in [-0.05, 0) is 66.4 Å². The molecule has 7 nitrogen and oxygen atoms in total. The van der Waals surface area contributed by atoms with Crippen LogP contribution in [0.5, 0.6) is 0 Å². The number of carbonyl (C=O) groups excluding carboxylic acids is 3. The van der Waals surface area contributed by atoms with E-state index in [1.165, 1.54) is 17.0 Å². The van der Waals surface area contributed by atoms with Gasteiger partial charge in [0.25, 0.3) is 0 Å². The molecule has 0 saturated carbocycles. The first kappa shape index (κ1) is 26.6. The number of nitrogens with two attached hydrogens (primary N) is 1. The molecule has 3 aromatic rings. The van der Waals surface area contributed by atoms with Gasteiger partial charge in [0.1, 0.15) is 11.9 Å². The van der Waals surface area contributed by atoms with Gasteiger partial charge in [-0.1, -0.05) is 24.3 Å². The second-order valence-corrected chi connectivity index (χ2v) is 8.82. The fourth-order valence-electron chi connectivity index (χ4n) is 4.35. The van der Waals surface area contributed by atoms with E-state index in [4.69, 9.17) is 5.73 Å². The van der Waals surface area contributed by atoms with E-state index >= 15 is 4.39 Å². The smallest absolute Gasteiger partial charge is 0.369 e. The minimum Gasteiger partial charge on any atom is -0.369 e. The highest BCUT2D eigenvalue weighted by Gasteiger charge is 2.32. The van der Waals surface area contributed by atoms with Gasteiger partial charge in [0, 0.05) is 23.5 Å². The van der Waals surface area contributed by atoms with E-state index in [0.717, 1.165) is 24.3 Å². The van der Waals surface area contributed by atoms with Crippen molar-refractivity contribution >= 4 is 29.2 Å². The maximum Gasteiger partial charge on any atom is 0.416 e. The number of amides is 4. The highest BCUT2D eigenvalue weighted by molar-refractivity contribution is 6.01. The lowest BCUT2D eigenvalue weighted by Gasteiger charge is -2.32. The van der Waals surface area contributed by atoms with Gasteiger partial charge in [0.2, 0.25) is 11.8 Å². The molecule has 0 spiro atoms. The number of urea groups is 1. The maximum absolute atomic E-state index is 15.2. The number of alkyl halides is 3. The number of carbonyl (C=O) groups is 3. The van der Waals surface area contributed by atoms with Gasteiger partial charge in [0.15, 0.2) is 0 Å². The van der Waals surface area contributed by atoms with Crippen molar-refractivity contribution in [2.24, 2.45) is 5.73 Å². The van der Waals surface area contributed by atoms with Gasteiger partial charge < -0.3 is 21.3 Å². The standard InChI is InChI=1S/C27H24F4N4O3/c28-22-15-19(11-12-21(22)20-5-2-1-4-16(20)14-24(32)36)35-13-3-6-23(25(35)37)34-26(38)33-18-9-7-17(8-10-18)27(29,30)31/h1-2,4-5,7-12,15,23H,3,6,13-14H2,(H2,32,36)(H2,33,34,38). The minimum atomic E-state index is -4.50. The van der Waals surface area contributed by atoms with Crippen molar-refractivity contribution < 1.29 is 31.9 Å². The van der Waals surface area contributed by atoms with Gasteiger partial charge in [-0.25, -0.2) is 9.18 Å². The molecule has 0 radical (unpaired) electrons. The van der Waals surface area contributed by atoms with Crippen LogP contribution in [0.15, 0.2) is 66.7 Å². The number of hydrogen-bond donors (Lipinski definition) is 3. The summed E-state index contributed by atoms with van der Waals surface area (Å²) >= 11 is 0. The van der Waals surface area contributed by atoms with E-state index in [0.29, 0.717) is 36.2 Å². The van der Waals surface area contributed by atoms with Crippen molar-refractivity contribution in [3.8, 4) is 11.1 Å². The Bertz CT molecular complexity index is 1360. The monoisotopic (exact) mass is 528 g/mol. The molecule has 11 heteroatoms. The molecule has 4 N–H and O–H groups in total. The molecule has 1 saturated heterocycles. The molecule has 3 aromatic carbocycles. The van der Waals surface area contributed by atoms with Gasteiger partial charge in [0.05, 0.1) is 12.0 Å². The fraction of sp³-hybridized carbons (Fsp3) is 0.222. The van der Waals surface area contributed by atoms with Crippen molar-refractivity contribution in [3.63, 3.8) is 0 Å². The maximum atomic E-state index is 15.2. The van der Waals surface area contributed by atoms with Crippen LogP contribution in [0.2, 0.25) is 0 Å². The predicted octanol–water partition coefficient (Wildman–Crippen LogP) is 4.86. The number of primary amides is 1. The summed E-state index contributed by atoms with van der Waals surface area (Å²) in [7, 11) is 0. The normalized spacial score (nSPS) is 15.7. The Hall–Kier alpha value is -4.41. The molecule has 4 rings (SSSR count). The number of halogens is 4. The summed E-state index contributed by atoms with van der Waals surface area (Å²) in [5, 5.41) is 4.95. The molecule has 1 atom stereocenters. The number of benzene rings is 3. The number of piperidine rings is 1. The molecule has 198 valence electrons. The van der Waals surface area contributed by atoms with Crippen LogP contribution in [0.25, 0.3) is 11.1 Å². The Labute approximate surface area is 215 Å². The van der Waals surface area contributed by atoms with Gasteiger partial charge in [-0.3, -0.25) is 9.59 Å². The summed E-state index contributed by atoms with van der Waals surface area (Å²) in [4.78, 5) is 38.3. The van der Waals surface area contributed by atoms with Crippen molar-refractivity contribution in [1.29, 1.82) is 0 Å². The van der Waals surface area contributed by atoms with E-state index in [1.54, 1.807) is 30.3 Å². The average Bonchev–Trinajstić information content (AvgIpc) is 2.85. The zero-order chi connectivity index (χ0) is 27.4. The Morgan fingerprint density at radius 2 is 1.71 bits per heavy atom. The topological polar surface area (TPSA) is 105 Å². The molecule has 1 heterocycles. The number of nitrogens with zero attached hydrogens (tertiary/aromatic N) is 1. The molecular weight excluding hydrogens is 504 g/mol. The average molecular weight is 529 g/mol. The van der Waals surface area contributed by atoms with Crippen LogP contribution in [-0.4, -0.2) is 30.4 Å². The van der Waals surface area contributed by atoms with Crippen molar-refractivity contribution in [3.05, 3.63) is 83.7 Å². The van der Waals surface area contributed by atoms with E-state index in [2.05, 4.69) is 10.6 Å². The molecule has 1 unspecified atom stereocenters. The van der Waals surface area contributed by atoms with E-state index in [1.807, 2.05) is 0 Å². The third-order valence-corrected chi connectivity index (χ3v) is 6.15. The van der Waals surface area contributed by atoms with Gasteiger partial charge >= 0.3 is 12.2 Å². The SMILES string of the molecule is NC(=O)Cc1ccccc1-c1ccc(N2CCCC(NC(=O)Nc3ccc(C(F)(F)F)cc3)C2=O)cc1F. The third kappa shape index (κ3) is 6.10. The molecule has 0 aromatic heterocycles. The largest absolute Gasteiger partial charge is 0.416 e. The van der Waals surface area contributed by atoms with E-state index < -0.39 is 41.4 Å². The van der Waals surface area contributed by atoms with Gasteiger partial charge in [-0.2, -0.15) is 13.2 Å². The summed E-state index contributed by atoms with van der Waals surface area (Å²) in [6, 6.07) is 13.4. The molecule has 1 fully saturated rings. The third-order valence-electron chi connectivity index (χ3n) is 6.15. The second-order valence-electron chi connectivity index (χ2n) is 8.82. The lowest BCUT2D eigenvalue weighted by molar-refractivity contribution is -0.137. The quantitative estimate of drug-likeness (QED) is 0.398. The zero-order valence-corrected chi connectivity index (χ0v) is 20.0. The van der Waals surface area contributed by atoms with E-state index in [9.17, 15) is 27.6 Å². The van der Waals surface area contributed by atoms with Crippen LogP contribution in [0, 0.1) is 5.82 Å². The van der Waals surface area contributed by atoms with Crippen LogP contribution >= 0.6 is 0 Å². The Morgan fingerprint density at radius 1 is 1.00 bits per heavy atom. The molecule has 38 heavy (non-hydrogen) atoms. The van der Waals surface area contributed by atoms with E-state index in [-0.39, 0.29) is 17.7 Å². The lowest BCUT2D eigenvalue weighted by Crippen LogP contribution is -2.53. The van der Waals surface area contributed by atoms with Crippen molar-refractivity contribution in [2.45, 2.75) is 31.5 Å². The highest BCUT2D eigenvalue weighted by atomic mass is 19.4. The highest BCUT2D eigenvalue weighted by Crippen LogP contribution is 2.32. The second kappa shape index (κ2) is 10.9. The summed E-state index contributed by atoms with van der Waals surface area (Å²) in [5.74, 6) is -1.59. The summed E-state index contributed by atoms with van der Waals surface area (Å²) in [6.07, 6.45) is -3.67. The fourth-order valence-corrected chi connectivity index (χ4v) is 4.35. The first-order chi connectivity index (χ1) is 18.0. The Balaban J connectivity index is 1.45. The number of nitrogens with one attached hydrogen (secondary N) is 2. The van der Waals surface area contributed by atoms with Crippen molar-refractivity contribution in [2.75, 3.05) is 16.8 Å². The molecule has 0 bridgehead atoms. The summed E-state index contributed by atoms with van der Waals surface area (Å²) in [5.41, 5.74) is 6.23. The predicted molar refractivity (Wildman–Crippen MR) is 134 cm³/mol. The lowest BCUT2D eigenvalue weighted by atomic mass is 9.96. The van der Waals surface area contributed by atoms with Crippen LogP contribution in [0.3, 0.4) is 0 Å². The molecule has 0 aliphatic carbocycles. The number of rotatable bonds is 6. The van der Waals surface area contributed by atoms with Crippen LogP contribution in [0.1, 0.15) is 24.0 Å². The zero-order valence-electron chi connectivity index (χ0n) is 20.0. The minimum absolute atomic E-state index is 0.0517. The Kier molecular flexibility index (Phi) is 7.65. The van der Waals surface area contributed by atoms with Crippen LogP contribution in [-0.2, 0) is 22.2 Å². The molecular formula is C27H24F4N4O3.